The summed E-state index contributed by atoms with van der Waals surface area (Å²) in [6.45, 7) is 2.61. The van der Waals surface area contributed by atoms with Gasteiger partial charge < -0.3 is 4.90 Å². The van der Waals surface area contributed by atoms with Crippen molar-refractivity contribution in [2.75, 3.05) is 25.9 Å². The first kappa shape index (κ1) is 9.85. The van der Waals surface area contributed by atoms with Crippen LogP contribution in [0.5, 0.6) is 0 Å². The molecule has 0 N–H and O–H groups in total. The molecule has 1 nitrogen and oxygen atoms in total. The smallest absolute Gasteiger partial charge is 0.00429 e. The molecule has 0 atom stereocenters. The third kappa shape index (κ3) is 2.41. The molecule has 13 heavy (non-hydrogen) atoms. The summed E-state index contributed by atoms with van der Waals surface area (Å²) in [5.74, 6) is 2.10. The molecule has 0 bridgehead atoms. The Morgan fingerprint density at radius 2 is 2.08 bits per heavy atom. The second-order valence-corrected chi connectivity index (χ2v) is 5.47. The van der Waals surface area contributed by atoms with Crippen LogP contribution in [0.15, 0.2) is 0 Å². The van der Waals surface area contributed by atoms with Crippen molar-refractivity contribution in [3.8, 4) is 0 Å². The summed E-state index contributed by atoms with van der Waals surface area (Å²) in [7, 11) is 2.28. The molecule has 2 rings (SSSR count). The second kappa shape index (κ2) is 3.82. The molecule has 0 unspecified atom stereocenters. The molecule has 0 aliphatic heterocycles. The van der Waals surface area contributed by atoms with Gasteiger partial charge in [-0.2, -0.15) is 12.6 Å². The molecule has 76 valence electrons. The molecule has 2 saturated carbocycles. The van der Waals surface area contributed by atoms with E-state index >= 15 is 0 Å². The SMILES string of the molecule is CN(CC1CCC1)CC1(CS)CC1. The van der Waals surface area contributed by atoms with Crippen molar-refractivity contribution in [2.45, 2.75) is 32.1 Å². The van der Waals surface area contributed by atoms with E-state index in [0.29, 0.717) is 5.41 Å². The zero-order valence-electron chi connectivity index (χ0n) is 8.63. The average Bonchev–Trinajstić information content (AvgIpc) is 2.78. The van der Waals surface area contributed by atoms with Crippen molar-refractivity contribution in [2.24, 2.45) is 11.3 Å². The first-order valence-corrected chi connectivity index (χ1v) is 6.17. The zero-order chi connectivity index (χ0) is 9.31. The van der Waals surface area contributed by atoms with Crippen molar-refractivity contribution in [1.82, 2.24) is 4.90 Å². The van der Waals surface area contributed by atoms with Crippen LogP contribution >= 0.6 is 12.6 Å². The highest BCUT2D eigenvalue weighted by atomic mass is 32.1. The lowest BCUT2D eigenvalue weighted by Gasteiger charge is -2.31. The first-order valence-electron chi connectivity index (χ1n) is 5.53. The number of hydrogen-bond donors (Lipinski definition) is 1. The maximum absolute atomic E-state index is 4.44. The van der Waals surface area contributed by atoms with Crippen LogP contribution in [-0.2, 0) is 0 Å². The van der Waals surface area contributed by atoms with Gasteiger partial charge in [-0.3, -0.25) is 0 Å². The van der Waals surface area contributed by atoms with Gasteiger partial charge in [-0.25, -0.2) is 0 Å². The van der Waals surface area contributed by atoms with Crippen LogP contribution in [0.1, 0.15) is 32.1 Å². The fourth-order valence-electron chi connectivity index (χ4n) is 2.30. The number of rotatable bonds is 5. The van der Waals surface area contributed by atoms with Gasteiger partial charge in [-0.15, -0.1) is 0 Å². The van der Waals surface area contributed by atoms with E-state index in [0.717, 1.165) is 11.7 Å². The van der Waals surface area contributed by atoms with Gasteiger partial charge in [-0.1, -0.05) is 6.42 Å². The van der Waals surface area contributed by atoms with Crippen molar-refractivity contribution in [3.63, 3.8) is 0 Å². The van der Waals surface area contributed by atoms with Gasteiger partial charge in [0.2, 0.25) is 0 Å². The highest BCUT2D eigenvalue weighted by Gasteiger charge is 2.42. The molecule has 2 aliphatic rings. The third-order valence-electron chi connectivity index (χ3n) is 3.69. The Kier molecular flexibility index (Phi) is 2.89. The summed E-state index contributed by atoms with van der Waals surface area (Å²) in [5, 5.41) is 0. The molecule has 0 aromatic heterocycles. The Balaban J connectivity index is 1.68. The number of thiol groups is 1. The summed E-state index contributed by atoms with van der Waals surface area (Å²) >= 11 is 4.44. The summed E-state index contributed by atoms with van der Waals surface area (Å²) in [4.78, 5) is 2.53. The molecule has 2 aliphatic carbocycles. The Bertz CT molecular complexity index is 173. The van der Waals surface area contributed by atoms with E-state index in [4.69, 9.17) is 0 Å². The topological polar surface area (TPSA) is 3.24 Å². The number of hydrogen-bond acceptors (Lipinski definition) is 2. The van der Waals surface area contributed by atoms with Crippen molar-refractivity contribution >= 4 is 12.6 Å². The minimum atomic E-state index is 0.613. The molecule has 0 aromatic carbocycles. The summed E-state index contributed by atoms with van der Waals surface area (Å²) in [6, 6.07) is 0. The van der Waals surface area contributed by atoms with Crippen molar-refractivity contribution in [1.29, 1.82) is 0 Å². The van der Waals surface area contributed by atoms with Crippen LogP contribution in [-0.4, -0.2) is 30.8 Å². The van der Waals surface area contributed by atoms with E-state index in [2.05, 4.69) is 24.6 Å². The molecule has 0 saturated heterocycles. The highest BCUT2D eigenvalue weighted by Crippen LogP contribution is 2.47. The quantitative estimate of drug-likeness (QED) is 0.666. The largest absolute Gasteiger partial charge is 0.306 e. The second-order valence-electron chi connectivity index (χ2n) is 5.15. The van der Waals surface area contributed by atoms with E-state index < -0.39 is 0 Å². The fourth-order valence-corrected chi connectivity index (χ4v) is 2.71. The maximum Gasteiger partial charge on any atom is 0.00429 e. The van der Waals surface area contributed by atoms with Crippen LogP contribution in [0.3, 0.4) is 0 Å². The summed E-state index contributed by atoms with van der Waals surface area (Å²) in [6.07, 6.45) is 7.23. The van der Waals surface area contributed by atoms with E-state index in [1.165, 1.54) is 45.2 Å². The molecular formula is C11H21NS. The van der Waals surface area contributed by atoms with E-state index in [1.807, 2.05) is 0 Å². The summed E-state index contributed by atoms with van der Waals surface area (Å²) < 4.78 is 0. The van der Waals surface area contributed by atoms with E-state index in [1.54, 1.807) is 0 Å². The summed E-state index contributed by atoms with van der Waals surface area (Å²) in [5.41, 5.74) is 0.613. The van der Waals surface area contributed by atoms with E-state index in [-0.39, 0.29) is 0 Å². The van der Waals surface area contributed by atoms with Crippen LogP contribution in [0.25, 0.3) is 0 Å². The van der Waals surface area contributed by atoms with Crippen LogP contribution in [0.2, 0.25) is 0 Å². The van der Waals surface area contributed by atoms with Crippen molar-refractivity contribution < 1.29 is 0 Å². The monoisotopic (exact) mass is 199 g/mol. The normalized spacial score (nSPS) is 26.1. The van der Waals surface area contributed by atoms with Crippen LogP contribution in [0.4, 0.5) is 0 Å². The van der Waals surface area contributed by atoms with Crippen LogP contribution in [0, 0.1) is 11.3 Å². The molecule has 2 heteroatoms. The van der Waals surface area contributed by atoms with Crippen LogP contribution < -0.4 is 0 Å². The number of nitrogens with zero attached hydrogens (tertiary/aromatic N) is 1. The first-order chi connectivity index (χ1) is 6.24. The highest BCUT2D eigenvalue weighted by molar-refractivity contribution is 7.80. The average molecular weight is 199 g/mol. The van der Waals surface area contributed by atoms with Crippen molar-refractivity contribution in [3.05, 3.63) is 0 Å². The molecule has 2 fully saturated rings. The predicted molar refractivity (Wildman–Crippen MR) is 60.4 cm³/mol. The Morgan fingerprint density at radius 1 is 1.38 bits per heavy atom. The van der Waals surface area contributed by atoms with Gasteiger partial charge in [0.1, 0.15) is 0 Å². The van der Waals surface area contributed by atoms with Gasteiger partial charge in [0, 0.05) is 13.1 Å². The lowest BCUT2D eigenvalue weighted by Crippen LogP contribution is -2.34. The Morgan fingerprint density at radius 3 is 2.46 bits per heavy atom. The van der Waals surface area contributed by atoms with Gasteiger partial charge in [-0.05, 0) is 49.8 Å². The Hall–Kier alpha value is 0.310. The van der Waals surface area contributed by atoms with Gasteiger partial charge in [0.05, 0.1) is 0 Å². The molecule has 0 spiro atoms. The lowest BCUT2D eigenvalue weighted by atomic mass is 9.85. The molecule has 0 heterocycles. The fraction of sp³-hybridized carbons (Fsp3) is 1.00. The predicted octanol–water partition coefficient (Wildman–Crippen LogP) is 2.43. The van der Waals surface area contributed by atoms with Gasteiger partial charge >= 0.3 is 0 Å². The third-order valence-corrected chi connectivity index (χ3v) is 4.36. The molecule has 0 aromatic rings. The Labute approximate surface area is 87.3 Å². The van der Waals surface area contributed by atoms with Gasteiger partial charge in [0.15, 0.2) is 0 Å². The molecule has 0 radical (unpaired) electrons. The lowest BCUT2D eigenvalue weighted by molar-refractivity contribution is 0.184. The maximum atomic E-state index is 4.44. The standard InChI is InChI=1S/C11H21NS/c1-12(7-10-3-2-4-10)8-11(9-13)5-6-11/h10,13H,2-9H2,1H3. The minimum absolute atomic E-state index is 0.613. The zero-order valence-corrected chi connectivity index (χ0v) is 9.52. The minimum Gasteiger partial charge on any atom is -0.306 e. The van der Waals surface area contributed by atoms with Gasteiger partial charge in [0.25, 0.3) is 0 Å². The molecular weight excluding hydrogens is 178 g/mol. The van der Waals surface area contributed by atoms with E-state index in [9.17, 15) is 0 Å². The molecule has 0 amide bonds.